The molecule has 0 spiro atoms. The van der Waals surface area contributed by atoms with E-state index < -0.39 is 0 Å². The molecule has 3 heteroatoms. The van der Waals surface area contributed by atoms with Gasteiger partial charge in [0.25, 0.3) is 0 Å². The van der Waals surface area contributed by atoms with Crippen molar-refractivity contribution in [3.63, 3.8) is 0 Å². The van der Waals surface area contributed by atoms with Crippen LogP contribution in [0.25, 0.3) is 0 Å². The predicted molar refractivity (Wildman–Crippen MR) is 67.3 cm³/mol. The van der Waals surface area contributed by atoms with Crippen LogP contribution in [-0.4, -0.2) is 18.5 Å². The first kappa shape index (κ1) is 11.5. The first-order valence-corrected chi connectivity index (χ1v) is 7.25. The lowest BCUT2D eigenvalue weighted by atomic mass is 9.54. The van der Waals surface area contributed by atoms with E-state index in [4.69, 9.17) is 5.73 Å². The summed E-state index contributed by atoms with van der Waals surface area (Å²) in [5.41, 5.74) is 5.45. The van der Waals surface area contributed by atoms with Crippen molar-refractivity contribution >= 4 is 5.91 Å². The minimum Gasteiger partial charge on any atom is -0.353 e. The zero-order valence-electron chi connectivity index (χ0n) is 10.5. The van der Waals surface area contributed by atoms with Crippen LogP contribution < -0.4 is 11.1 Å². The monoisotopic (exact) mass is 236 g/mol. The molecule has 0 aromatic rings. The molecule has 4 fully saturated rings. The minimum atomic E-state index is 0.230. The minimum absolute atomic E-state index is 0.230. The Balaban J connectivity index is 1.58. The van der Waals surface area contributed by atoms with Crippen LogP contribution in [0, 0.1) is 23.7 Å². The number of nitrogens with two attached hydrogens (primary N) is 1. The number of amides is 1. The Morgan fingerprint density at radius 1 is 1.06 bits per heavy atom. The Morgan fingerprint density at radius 2 is 1.65 bits per heavy atom. The molecule has 0 unspecified atom stereocenters. The summed E-state index contributed by atoms with van der Waals surface area (Å²) in [5.74, 6) is 3.76. The van der Waals surface area contributed by atoms with Crippen LogP contribution in [0.4, 0.5) is 0 Å². The van der Waals surface area contributed by atoms with Crippen molar-refractivity contribution < 1.29 is 4.79 Å². The zero-order valence-corrected chi connectivity index (χ0v) is 10.5. The SMILES string of the molecule is NCCCC(=O)NC1C2CC3CC(C2)CC1C3. The largest absolute Gasteiger partial charge is 0.353 e. The molecule has 0 atom stereocenters. The van der Waals surface area contributed by atoms with Gasteiger partial charge in [-0.15, -0.1) is 0 Å². The van der Waals surface area contributed by atoms with Gasteiger partial charge in [0, 0.05) is 12.5 Å². The number of rotatable bonds is 4. The molecule has 4 aliphatic carbocycles. The first-order valence-electron chi connectivity index (χ1n) is 7.25. The molecule has 4 aliphatic rings. The molecule has 96 valence electrons. The third-order valence-corrected chi connectivity index (χ3v) is 5.16. The lowest BCUT2D eigenvalue weighted by molar-refractivity contribution is -0.125. The lowest BCUT2D eigenvalue weighted by Gasteiger charge is -2.54. The van der Waals surface area contributed by atoms with Gasteiger partial charge in [-0.05, 0) is 68.7 Å². The number of carbonyl (C=O) groups is 1. The van der Waals surface area contributed by atoms with E-state index in [9.17, 15) is 4.79 Å². The van der Waals surface area contributed by atoms with Crippen molar-refractivity contribution in [2.45, 2.75) is 51.0 Å². The van der Waals surface area contributed by atoms with Crippen LogP contribution in [0.3, 0.4) is 0 Å². The molecule has 3 nitrogen and oxygen atoms in total. The van der Waals surface area contributed by atoms with E-state index in [0.29, 0.717) is 19.0 Å². The molecular formula is C14H24N2O. The summed E-state index contributed by atoms with van der Waals surface area (Å²) in [4.78, 5) is 11.8. The summed E-state index contributed by atoms with van der Waals surface area (Å²) in [7, 11) is 0. The second-order valence-electron chi connectivity index (χ2n) is 6.42. The molecular weight excluding hydrogens is 212 g/mol. The average Bonchev–Trinajstić information content (AvgIpc) is 2.30. The van der Waals surface area contributed by atoms with E-state index in [0.717, 1.165) is 30.1 Å². The Hall–Kier alpha value is -0.570. The van der Waals surface area contributed by atoms with Gasteiger partial charge >= 0.3 is 0 Å². The van der Waals surface area contributed by atoms with Gasteiger partial charge in [-0.1, -0.05) is 0 Å². The highest BCUT2D eigenvalue weighted by Crippen LogP contribution is 2.53. The Labute approximate surface area is 104 Å². The topological polar surface area (TPSA) is 55.1 Å². The van der Waals surface area contributed by atoms with Gasteiger partial charge in [0.05, 0.1) is 0 Å². The van der Waals surface area contributed by atoms with Crippen LogP contribution >= 0.6 is 0 Å². The summed E-state index contributed by atoms with van der Waals surface area (Å²) in [6.45, 7) is 0.620. The standard InChI is InChI=1S/C14H24N2O/c15-3-1-2-13(17)16-14-11-5-9-4-10(7-11)8-12(14)6-9/h9-12,14H,1-8,15H2,(H,16,17). The van der Waals surface area contributed by atoms with E-state index in [-0.39, 0.29) is 5.91 Å². The highest BCUT2D eigenvalue weighted by atomic mass is 16.1. The van der Waals surface area contributed by atoms with E-state index in [2.05, 4.69) is 5.32 Å². The van der Waals surface area contributed by atoms with Crippen molar-refractivity contribution in [2.75, 3.05) is 6.54 Å². The van der Waals surface area contributed by atoms with Gasteiger partial charge in [0.2, 0.25) is 5.91 Å². The molecule has 1 amide bonds. The van der Waals surface area contributed by atoms with Crippen molar-refractivity contribution in [3.8, 4) is 0 Å². The average molecular weight is 236 g/mol. The van der Waals surface area contributed by atoms with E-state index in [1.807, 2.05) is 0 Å². The molecule has 4 rings (SSSR count). The second kappa shape index (κ2) is 4.60. The third-order valence-electron chi connectivity index (χ3n) is 5.16. The van der Waals surface area contributed by atoms with Gasteiger partial charge in [-0.2, -0.15) is 0 Å². The number of nitrogens with one attached hydrogen (secondary N) is 1. The molecule has 0 saturated heterocycles. The van der Waals surface area contributed by atoms with Gasteiger partial charge in [0.15, 0.2) is 0 Å². The smallest absolute Gasteiger partial charge is 0.220 e. The quantitative estimate of drug-likeness (QED) is 0.780. The van der Waals surface area contributed by atoms with Gasteiger partial charge < -0.3 is 11.1 Å². The molecule has 0 radical (unpaired) electrons. The normalized spacial score (nSPS) is 42.8. The van der Waals surface area contributed by atoms with Crippen molar-refractivity contribution in [3.05, 3.63) is 0 Å². The summed E-state index contributed by atoms with van der Waals surface area (Å²) in [6.07, 6.45) is 8.38. The number of hydrogen-bond acceptors (Lipinski definition) is 2. The van der Waals surface area contributed by atoms with E-state index in [1.165, 1.54) is 32.1 Å². The number of hydrogen-bond donors (Lipinski definition) is 2. The maximum Gasteiger partial charge on any atom is 0.220 e. The fourth-order valence-electron chi connectivity index (χ4n) is 4.68. The first-order chi connectivity index (χ1) is 8.26. The summed E-state index contributed by atoms with van der Waals surface area (Å²) in [6, 6.07) is 0.494. The van der Waals surface area contributed by atoms with Crippen LogP contribution in [-0.2, 0) is 4.79 Å². The lowest BCUT2D eigenvalue weighted by Crippen LogP contribution is -2.55. The molecule has 0 aliphatic heterocycles. The third kappa shape index (κ3) is 2.22. The zero-order chi connectivity index (χ0) is 11.8. The van der Waals surface area contributed by atoms with Gasteiger partial charge in [-0.3, -0.25) is 4.79 Å². The molecule has 4 bridgehead atoms. The highest BCUT2D eigenvalue weighted by molar-refractivity contribution is 5.76. The van der Waals surface area contributed by atoms with E-state index in [1.54, 1.807) is 0 Å². The molecule has 17 heavy (non-hydrogen) atoms. The van der Waals surface area contributed by atoms with Gasteiger partial charge in [0.1, 0.15) is 0 Å². The fraction of sp³-hybridized carbons (Fsp3) is 0.929. The van der Waals surface area contributed by atoms with Gasteiger partial charge in [-0.25, -0.2) is 0 Å². The summed E-state index contributed by atoms with van der Waals surface area (Å²) in [5, 5.41) is 3.30. The summed E-state index contributed by atoms with van der Waals surface area (Å²) >= 11 is 0. The summed E-state index contributed by atoms with van der Waals surface area (Å²) < 4.78 is 0. The molecule has 0 aromatic heterocycles. The van der Waals surface area contributed by atoms with Crippen LogP contribution in [0.1, 0.15) is 44.9 Å². The Bertz CT molecular complexity index is 275. The van der Waals surface area contributed by atoms with Crippen LogP contribution in [0.15, 0.2) is 0 Å². The predicted octanol–water partition coefficient (Wildman–Crippen LogP) is 1.67. The van der Waals surface area contributed by atoms with Crippen molar-refractivity contribution in [1.82, 2.24) is 5.32 Å². The van der Waals surface area contributed by atoms with Crippen molar-refractivity contribution in [1.29, 1.82) is 0 Å². The molecule has 4 saturated carbocycles. The number of carbonyl (C=O) groups excluding carboxylic acids is 1. The Kier molecular flexibility index (Phi) is 3.12. The highest BCUT2D eigenvalue weighted by Gasteiger charge is 2.48. The van der Waals surface area contributed by atoms with E-state index >= 15 is 0 Å². The maximum atomic E-state index is 11.8. The fourth-order valence-corrected chi connectivity index (χ4v) is 4.68. The second-order valence-corrected chi connectivity index (χ2v) is 6.42. The Morgan fingerprint density at radius 3 is 2.18 bits per heavy atom. The van der Waals surface area contributed by atoms with Crippen LogP contribution in [0.2, 0.25) is 0 Å². The molecule has 0 heterocycles. The molecule has 3 N–H and O–H groups in total. The maximum absolute atomic E-state index is 11.8. The molecule has 0 aromatic carbocycles. The van der Waals surface area contributed by atoms with Crippen molar-refractivity contribution in [2.24, 2.45) is 29.4 Å². The van der Waals surface area contributed by atoms with Crippen LogP contribution in [0.5, 0.6) is 0 Å².